The van der Waals surface area contributed by atoms with E-state index < -0.39 is 0 Å². The zero-order valence-corrected chi connectivity index (χ0v) is 11.9. The van der Waals surface area contributed by atoms with E-state index in [9.17, 15) is 0 Å². The lowest BCUT2D eigenvalue weighted by molar-refractivity contribution is 0.319. The zero-order chi connectivity index (χ0) is 13.5. The van der Waals surface area contributed by atoms with Crippen LogP contribution in [-0.2, 0) is 13.1 Å². The number of thiophene rings is 1. The van der Waals surface area contributed by atoms with Gasteiger partial charge in [0.15, 0.2) is 0 Å². The average molecular weight is 270 g/mol. The van der Waals surface area contributed by atoms with Gasteiger partial charge in [-0.05, 0) is 47.1 Å². The van der Waals surface area contributed by atoms with Crippen molar-refractivity contribution in [3.8, 4) is 11.8 Å². The molecule has 98 valence electrons. The zero-order valence-electron chi connectivity index (χ0n) is 11.1. The van der Waals surface area contributed by atoms with Crippen LogP contribution in [0, 0.1) is 11.8 Å². The van der Waals surface area contributed by atoms with E-state index in [4.69, 9.17) is 5.73 Å². The van der Waals surface area contributed by atoms with E-state index in [1.807, 2.05) is 0 Å². The maximum absolute atomic E-state index is 5.36. The maximum atomic E-state index is 5.36. The average Bonchev–Trinajstić information content (AvgIpc) is 2.90. The molecule has 0 saturated heterocycles. The molecule has 0 fully saturated rings. The first-order valence-corrected chi connectivity index (χ1v) is 7.19. The third kappa shape index (κ3) is 4.53. The molecule has 1 aromatic carbocycles. The minimum absolute atomic E-state index is 0.408. The molecule has 0 bridgehead atoms. The van der Waals surface area contributed by atoms with Crippen LogP contribution in [-0.4, -0.2) is 18.5 Å². The lowest BCUT2D eigenvalue weighted by atomic mass is 10.1. The second kappa shape index (κ2) is 7.10. The third-order valence-corrected chi connectivity index (χ3v) is 3.51. The molecular weight excluding hydrogens is 252 g/mol. The van der Waals surface area contributed by atoms with Gasteiger partial charge in [0.1, 0.15) is 0 Å². The first-order chi connectivity index (χ1) is 9.28. The second-order valence-electron chi connectivity index (χ2n) is 4.51. The van der Waals surface area contributed by atoms with Crippen molar-refractivity contribution in [2.24, 2.45) is 5.73 Å². The SMILES string of the molecule is CN(Cc1ccc(C#CCN)cc1)Cc1ccsc1. The number of nitrogens with two attached hydrogens (primary N) is 1. The van der Waals surface area contributed by atoms with Crippen LogP contribution in [0.15, 0.2) is 41.1 Å². The summed E-state index contributed by atoms with van der Waals surface area (Å²) >= 11 is 1.75. The van der Waals surface area contributed by atoms with Crippen molar-refractivity contribution in [3.63, 3.8) is 0 Å². The number of rotatable bonds is 4. The molecule has 0 aliphatic carbocycles. The van der Waals surface area contributed by atoms with Gasteiger partial charge in [-0.1, -0.05) is 24.0 Å². The monoisotopic (exact) mass is 270 g/mol. The van der Waals surface area contributed by atoms with Crippen LogP contribution in [0.25, 0.3) is 0 Å². The van der Waals surface area contributed by atoms with Crippen molar-refractivity contribution in [2.75, 3.05) is 13.6 Å². The van der Waals surface area contributed by atoms with Gasteiger partial charge in [0.25, 0.3) is 0 Å². The van der Waals surface area contributed by atoms with Gasteiger partial charge in [-0.3, -0.25) is 4.90 Å². The summed E-state index contributed by atoms with van der Waals surface area (Å²) in [5, 5.41) is 4.32. The Kier molecular flexibility index (Phi) is 5.17. The Morgan fingerprint density at radius 3 is 2.47 bits per heavy atom. The molecule has 0 atom stereocenters. The van der Waals surface area contributed by atoms with Gasteiger partial charge in [0.05, 0.1) is 6.54 Å². The quantitative estimate of drug-likeness (QED) is 0.866. The van der Waals surface area contributed by atoms with Crippen LogP contribution in [0.2, 0.25) is 0 Å². The fourth-order valence-corrected chi connectivity index (χ4v) is 2.57. The summed E-state index contributed by atoms with van der Waals surface area (Å²) in [4.78, 5) is 2.31. The Labute approximate surface area is 118 Å². The normalized spacial score (nSPS) is 10.3. The molecule has 0 spiro atoms. The van der Waals surface area contributed by atoms with E-state index in [2.05, 4.69) is 64.9 Å². The molecule has 0 unspecified atom stereocenters. The van der Waals surface area contributed by atoms with E-state index in [1.54, 1.807) is 11.3 Å². The first kappa shape index (κ1) is 13.8. The van der Waals surface area contributed by atoms with Crippen molar-refractivity contribution < 1.29 is 0 Å². The molecule has 0 radical (unpaired) electrons. The van der Waals surface area contributed by atoms with Crippen LogP contribution in [0.1, 0.15) is 16.7 Å². The summed E-state index contributed by atoms with van der Waals surface area (Å²) in [6, 6.07) is 10.5. The van der Waals surface area contributed by atoms with Crippen LogP contribution in [0.5, 0.6) is 0 Å². The molecule has 0 amide bonds. The minimum Gasteiger partial charge on any atom is -0.320 e. The summed E-state index contributed by atoms with van der Waals surface area (Å²) in [5.74, 6) is 5.90. The molecule has 2 rings (SSSR count). The largest absolute Gasteiger partial charge is 0.320 e. The van der Waals surface area contributed by atoms with Gasteiger partial charge in [0, 0.05) is 18.7 Å². The molecule has 0 aliphatic rings. The van der Waals surface area contributed by atoms with E-state index in [-0.39, 0.29) is 0 Å². The standard InChI is InChI=1S/C16H18N2S/c1-18(12-16-8-10-19-13-16)11-15-6-4-14(5-7-15)3-2-9-17/h4-8,10,13H,9,11-12,17H2,1H3. The molecule has 0 saturated carbocycles. The summed E-state index contributed by atoms with van der Waals surface area (Å²) < 4.78 is 0. The van der Waals surface area contributed by atoms with Crippen LogP contribution in [0.3, 0.4) is 0 Å². The lowest BCUT2D eigenvalue weighted by Gasteiger charge is -2.15. The molecular formula is C16H18N2S. The number of nitrogens with zero attached hydrogens (tertiary/aromatic N) is 1. The summed E-state index contributed by atoms with van der Waals surface area (Å²) in [6.45, 7) is 2.34. The van der Waals surface area contributed by atoms with Gasteiger partial charge in [0.2, 0.25) is 0 Å². The fourth-order valence-electron chi connectivity index (χ4n) is 1.91. The minimum atomic E-state index is 0.408. The molecule has 1 heterocycles. The molecule has 2 N–H and O–H groups in total. The summed E-state index contributed by atoms with van der Waals surface area (Å²) in [5.41, 5.74) is 9.05. The maximum Gasteiger partial charge on any atom is 0.0555 e. The van der Waals surface area contributed by atoms with Gasteiger partial charge in [-0.2, -0.15) is 11.3 Å². The summed E-state index contributed by atoms with van der Waals surface area (Å²) in [6.07, 6.45) is 0. The van der Waals surface area contributed by atoms with E-state index in [0.29, 0.717) is 6.54 Å². The van der Waals surface area contributed by atoms with E-state index in [1.165, 1.54) is 11.1 Å². The highest BCUT2D eigenvalue weighted by molar-refractivity contribution is 7.07. The van der Waals surface area contributed by atoms with Gasteiger partial charge in [-0.25, -0.2) is 0 Å². The summed E-state index contributed by atoms with van der Waals surface area (Å²) in [7, 11) is 2.14. The van der Waals surface area contributed by atoms with Crippen LogP contribution < -0.4 is 5.73 Å². The van der Waals surface area contributed by atoms with Crippen molar-refractivity contribution in [1.82, 2.24) is 4.90 Å². The first-order valence-electron chi connectivity index (χ1n) is 6.25. The van der Waals surface area contributed by atoms with Crippen molar-refractivity contribution in [3.05, 3.63) is 57.8 Å². The van der Waals surface area contributed by atoms with E-state index in [0.717, 1.165) is 18.7 Å². The fraction of sp³-hybridized carbons (Fsp3) is 0.250. The number of hydrogen-bond donors (Lipinski definition) is 1. The Hall–Kier alpha value is -1.60. The molecule has 19 heavy (non-hydrogen) atoms. The predicted octanol–water partition coefficient (Wildman–Crippen LogP) is 2.69. The highest BCUT2D eigenvalue weighted by Crippen LogP contribution is 2.11. The molecule has 3 heteroatoms. The highest BCUT2D eigenvalue weighted by atomic mass is 32.1. The second-order valence-corrected chi connectivity index (χ2v) is 5.29. The van der Waals surface area contributed by atoms with Crippen LogP contribution in [0.4, 0.5) is 0 Å². The molecule has 0 aliphatic heterocycles. The number of hydrogen-bond acceptors (Lipinski definition) is 3. The lowest BCUT2D eigenvalue weighted by Crippen LogP contribution is -2.16. The Balaban J connectivity index is 1.92. The van der Waals surface area contributed by atoms with Gasteiger partial charge in [-0.15, -0.1) is 0 Å². The van der Waals surface area contributed by atoms with E-state index >= 15 is 0 Å². The van der Waals surface area contributed by atoms with Crippen molar-refractivity contribution >= 4 is 11.3 Å². The van der Waals surface area contributed by atoms with Crippen molar-refractivity contribution in [2.45, 2.75) is 13.1 Å². The molecule has 1 aromatic heterocycles. The van der Waals surface area contributed by atoms with Crippen LogP contribution >= 0.6 is 11.3 Å². The smallest absolute Gasteiger partial charge is 0.0555 e. The van der Waals surface area contributed by atoms with Gasteiger partial charge < -0.3 is 5.73 Å². The predicted molar refractivity (Wildman–Crippen MR) is 81.9 cm³/mol. The molecule has 2 nitrogen and oxygen atoms in total. The Morgan fingerprint density at radius 1 is 1.11 bits per heavy atom. The van der Waals surface area contributed by atoms with Crippen molar-refractivity contribution in [1.29, 1.82) is 0 Å². The number of benzene rings is 1. The Morgan fingerprint density at radius 2 is 1.84 bits per heavy atom. The third-order valence-electron chi connectivity index (χ3n) is 2.77. The molecule has 2 aromatic rings. The highest BCUT2D eigenvalue weighted by Gasteiger charge is 2.02. The Bertz CT molecular complexity index is 547. The topological polar surface area (TPSA) is 29.3 Å². The van der Waals surface area contributed by atoms with Gasteiger partial charge >= 0.3 is 0 Å².